The van der Waals surface area contributed by atoms with Crippen LogP contribution < -0.4 is 0 Å². The van der Waals surface area contributed by atoms with Gasteiger partial charge in [0.15, 0.2) is 6.10 Å². The van der Waals surface area contributed by atoms with Gasteiger partial charge in [0, 0.05) is 13.8 Å². The van der Waals surface area contributed by atoms with Crippen LogP contribution in [0.3, 0.4) is 0 Å². The van der Waals surface area contributed by atoms with Gasteiger partial charge >= 0.3 is 11.9 Å². The van der Waals surface area contributed by atoms with E-state index >= 15 is 0 Å². The minimum atomic E-state index is -1.74. The second-order valence-electron chi connectivity index (χ2n) is 3.68. The summed E-state index contributed by atoms with van der Waals surface area (Å²) in [5.41, 5.74) is 0. The number of esters is 2. The zero-order valence-corrected chi connectivity index (χ0v) is 10.1. The first kappa shape index (κ1) is 16.8. The lowest BCUT2D eigenvalue weighted by Crippen LogP contribution is -2.49. The third kappa shape index (κ3) is 5.92. The van der Waals surface area contributed by atoms with Gasteiger partial charge in [-0.25, -0.2) is 0 Å². The maximum Gasteiger partial charge on any atom is 0.303 e. The second-order valence-corrected chi connectivity index (χ2v) is 3.68. The van der Waals surface area contributed by atoms with E-state index in [1.165, 1.54) is 0 Å². The summed E-state index contributed by atoms with van der Waals surface area (Å²) in [6.45, 7) is 0.947. The van der Waals surface area contributed by atoms with Crippen LogP contribution in [0.4, 0.5) is 0 Å². The standard InChI is InChI=1S/C10H18O8/c1-5(12)17-4-8(18-6(2)13)10(16)9(15)7(14)3-11/h7-11,14-16H,3-4H2,1-2H3/t7-,8+,9-,10-/m0/s1. The quantitative estimate of drug-likeness (QED) is 0.373. The van der Waals surface area contributed by atoms with Crippen molar-refractivity contribution in [3.8, 4) is 0 Å². The third-order valence-electron chi connectivity index (χ3n) is 2.08. The maximum absolute atomic E-state index is 10.8. The van der Waals surface area contributed by atoms with Crippen molar-refractivity contribution in [2.24, 2.45) is 0 Å². The molecule has 0 spiro atoms. The minimum absolute atomic E-state index is 0.467. The summed E-state index contributed by atoms with van der Waals surface area (Å²) in [7, 11) is 0. The lowest BCUT2D eigenvalue weighted by molar-refractivity contribution is -0.175. The van der Waals surface area contributed by atoms with Crippen LogP contribution in [-0.2, 0) is 19.1 Å². The first-order valence-corrected chi connectivity index (χ1v) is 5.25. The largest absolute Gasteiger partial charge is 0.462 e. The van der Waals surface area contributed by atoms with Crippen molar-refractivity contribution >= 4 is 11.9 Å². The van der Waals surface area contributed by atoms with Gasteiger partial charge in [-0.2, -0.15) is 0 Å². The van der Waals surface area contributed by atoms with Gasteiger partial charge in [0.1, 0.15) is 24.9 Å². The smallest absolute Gasteiger partial charge is 0.303 e. The van der Waals surface area contributed by atoms with Crippen molar-refractivity contribution < 1.29 is 39.5 Å². The Morgan fingerprint density at radius 1 is 1.06 bits per heavy atom. The monoisotopic (exact) mass is 266 g/mol. The minimum Gasteiger partial charge on any atom is -0.462 e. The Labute approximate surface area is 104 Å². The summed E-state index contributed by atoms with van der Waals surface area (Å²) in [6.07, 6.45) is -6.37. The van der Waals surface area contributed by atoms with E-state index in [0.29, 0.717) is 0 Å². The molecule has 0 rings (SSSR count). The van der Waals surface area contributed by atoms with Gasteiger partial charge in [0.2, 0.25) is 0 Å². The van der Waals surface area contributed by atoms with E-state index in [9.17, 15) is 19.8 Å². The molecule has 8 nitrogen and oxygen atoms in total. The van der Waals surface area contributed by atoms with Crippen LogP contribution >= 0.6 is 0 Å². The van der Waals surface area contributed by atoms with E-state index in [2.05, 4.69) is 9.47 Å². The zero-order valence-electron chi connectivity index (χ0n) is 10.1. The molecular formula is C10H18O8. The van der Waals surface area contributed by atoms with Crippen LogP contribution in [0.15, 0.2) is 0 Å². The highest BCUT2D eigenvalue weighted by atomic mass is 16.6. The topological polar surface area (TPSA) is 134 Å². The van der Waals surface area contributed by atoms with Crippen molar-refractivity contribution in [3.05, 3.63) is 0 Å². The van der Waals surface area contributed by atoms with Gasteiger partial charge in [-0.05, 0) is 0 Å². The van der Waals surface area contributed by atoms with Crippen LogP contribution in [0.5, 0.6) is 0 Å². The number of ether oxygens (including phenoxy) is 2. The maximum atomic E-state index is 10.8. The Morgan fingerprint density at radius 3 is 2.00 bits per heavy atom. The molecule has 4 N–H and O–H groups in total. The van der Waals surface area contributed by atoms with Gasteiger partial charge in [-0.3, -0.25) is 9.59 Å². The first-order chi connectivity index (χ1) is 8.29. The fourth-order valence-electron chi connectivity index (χ4n) is 1.17. The Hall–Kier alpha value is -1.22. The Morgan fingerprint density at radius 2 is 1.61 bits per heavy atom. The molecule has 18 heavy (non-hydrogen) atoms. The van der Waals surface area contributed by atoms with E-state index in [1.54, 1.807) is 0 Å². The van der Waals surface area contributed by atoms with E-state index in [1.807, 2.05) is 0 Å². The van der Waals surface area contributed by atoms with Crippen molar-refractivity contribution in [1.29, 1.82) is 0 Å². The molecule has 0 radical (unpaired) electrons. The molecule has 8 heteroatoms. The zero-order chi connectivity index (χ0) is 14.3. The van der Waals surface area contributed by atoms with E-state index in [4.69, 9.17) is 10.2 Å². The Kier molecular flexibility index (Phi) is 7.44. The van der Waals surface area contributed by atoms with Crippen LogP contribution in [0, 0.1) is 0 Å². The molecule has 0 amide bonds. The normalized spacial score (nSPS) is 17.4. The first-order valence-electron chi connectivity index (χ1n) is 5.25. The number of aliphatic hydroxyl groups excluding tert-OH is 4. The van der Waals surface area contributed by atoms with Crippen molar-refractivity contribution in [2.75, 3.05) is 13.2 Å². The van der Waals surface area contributed by atoms with Gasteiger partial charge in [-0.1, -0.05) is 0 Å². The molecule has 0 aromatic carbocycles. The molecule has 0 heterocycles. The highest BCUT2D eigenvalue weighted by Gasteiger charge is 2.33. The van der Waals surface area contributed by atoms with Crippen LogP contribution in [0.2, 0.25) is 0 Å². The number of hydrogen-bond acceptors (Lipinski definition) is 8. The van der Waals surface area contributed by atoms with Crippen molar-refractivity contribution in [1.82, 2.24) is 0 Å². The SMILES string of the molecule is CC(=O)OC[C@@H](OC(C)=O)[C@H](O)[C@@H](O)[C@@H](O)CO. The van der Waals surface area contributed by atoms with E-state index < -0.39 is 49.6 Å². The summed E-state index contributed by atoms with van der Waals surface area (Å²) >= 11 is 0. The number of aliphatic hydroxyl groups is 4. The van der Waals surface area contributed by atoms with Crippen molar-refractivity contribution in [3.63, 3.8) is 0 Å². The summed E-state index contributed by atoms with van der Waals surface area (Å²) in [4.78, 5) is 21.4. The number of hydrogen-bond donors (Lipinski definition) is 4. The van der Waals surface area contributed by atoms with E-state index in [-0.39, 0.29) is 0 Å². The molecule has 0 saturated heterocycles. The van der Waals surface area contributed by atoms with Gasteiger partial charge < -0.3 is 29.9 Å². The van der Waals surface area contributed by atoms with Crippen molar-refractivity contribution in [2.45, 2.75) is 38.3 Å². The summed E-state index contributed by atoms with van der Waals surface area (Å²) < 4.78 is 9.22. The van der Waals surface area contributed by atoms with E-state index in [0.717, 1.165) is 13.8 Å². The molecule has 0 saturated carbocycles. The van der Waals surface area contributed by atoms with Gasteiger partial charge in [0.05, 0.1) is 6.61 Å². The molecule has 0 aliphatic carbocycles. The fourth-order valence-corrected chi connectivity index (χ4v) is 1.17. The number of carbonyl (C=O) groups excluding carboxylic acids is 2. The molecule has 0 aliphatic heterocycles. The van der Waals surface area contributed by atoms with Crippen LogP contribution in [-0.4, -0.2) is 70.0 Å². The molecular weight excluding hydrogens is 248 g/mol. The van der Waals surface area contributed by atoms with Gasteiger partial charge in [0.25, 0.3) is 0 Å². The highest BCUT2D eigenvalue weighted by Crippen LogP contribution is 2.09. The molecule has 0 fully saturated rings. The van der Waals surface area contributed by atoms with Crippen LogP contribution in [0.1, 0.15) is 13.8 Å². The highest BCUT2D eigenvalue weighted by molar-refractivity contribution is 5.67. The fraction of sp³-hybridized carbons (Fsp3) is 0.800. The Bertz CT molecular complexity index is 279. The Balaban J connectivity index is 4.61. The molecule has 0 aromatic heterocycles. The summed E-state index contributed by atoms with van der Waals surface area (Å²) in [6, 6.07) is 0. The summed E-state index contributed by atoms with van der Waals surface area (Å²) in [5.74, 6) is -1.41. The molecule has 4 atom stereocenters. The molecule has 0 bridgehead atoms. The molecule has 0 aromatic rings. The molecule has 0 aliphatic rings. The average Bonchev–Trinajstić information content (AvgIpc) is 2.30. The lowest BCUT2D eigenvalue weighted by atomic mass is 10.0. The predicted octanol–water partition coefficient (Wildman–Crippen LogP) is -2.44. The summed E-state index contributed by atoms with van der Waals surface area (Å²) in [5, 5.41) is 36.9. The molecule has 0 unspecified atom stereocenters. The third-order valence-corrected chi connectivity index (χ3v) is 2.08. The second kappa shape index (κ2) is 7.98. The number of carbonyl (C=O) groups is 2. The van der Waals surface area contributed by atoms with Gasteiger partial charge in [-0.15, -0.1) is 0 Å². The molecule has 106 valence electrons. The number of rotatable bonds is 7. The predicted molar refractivity (Wildman–Crippen MR) is 57.3 cm³/mol. The van der Waals surface area contributed by atoms with Crippen LogP contribution in [0.25, 0.3) is 0 Å². The average molecular weight is 266 g/mol. The lowest BCUT2D eigenvalue weighted by Gasteiger charge is -2.27.